The van der Waals surface area contributed by atoms with E-state index in [1.165, 1.54) is 18.4 Å². The van der Waals surface area contributed by atoms with Crippen molar-refractivity contribution in [1.82, 2.24) is 9.97 Å². The smallest absolute Gasteiger partial charge is 0.224 e. The van der Waals surface area contributed by atoms with Crippen molar-refractivity contribution in [3.63, 3.8) is 0 Å². The molecule has 0 aliphatic heterocycles. The lowest BCUT2D eigenvalue weighted by atomic mass is 10.1. The maximum absolute atomic E-state index is 12.0. The molecule has 82 valence electrons. The first-order chi connectivity index (χ1) is 7.81. The first-order valence-electron chi connectivity index (χ1n) is 4.71. The second kappa shape index (κ2) is 4.85. The second-order valence-electron chi connectivity index (χ2n) is 3.13. The Morgan fingerprint density at radius 1 is 1.56 bits per heavy atom. The Labute approximate surface area is 96.9 Å². The Morgan fingerprint density at radius 2 is 2.44 bits per heavy atom. The third-order valence-electron chi connectivity index (χ3n) is 2.08. The van der Waals surface area contributed by atoms with E-state index < -0.39 is 0 Å². The molecule has 0 amide bonds. The van der Waals surface area contributed by atoms with Gasteiger partial charge in [-0.3, -0.25) is 9.78 Å². The molecule has 0 atom stereocenters. The topological polar surface area (TPSA) is 52.1 Å². The number of carbonyl (C=O) groups is 1. The molecule has 16 heavy (non-hydrogen) atoms. The third kappa shape index (κ3) is 2.25. The number of nitrogens with zero attached hydrogens (tertiary/aromatic N) is 2. The number of Topliss-reactive ketones (excluding diaryl/α,β-unsaturated/α-hetero) is 1. The van der Waals surface area contributed by atoms with Crippen molar-refractivity contribution in [2.24, 2.45) is 0 Å². The number of aromatic nitrogens is 2. The Balaban J connectivity index is 2.21. The van der Waals surface area contributed by atoms with Gasteiger partial charge in [-0.05, 0) is 12.1 Å². The molecule has 4 nitrogen and oxygen atoms in total. The van der Waals surface area contributed by atoms with Crippen molar-refractivity contribution >= 4 is 17.1 Å². The van der Waals surface area contributed by atoms with Gasteiger partial charge in [-0.2, -0.15) is 0 Å². The van der Waals surface area contributed by atoms with E-state index in [2.05, 4.69) is 9.97 Å². The molecule has 0 saturated heterocycles. The minimum atomic E-state index is -0.00537. The molecule has 0 spiro atoms. The van der Waals surface area contributed by atoms with E-state index in [0.717, 1.165) is 4.88 Å². The zero-order valence-electron chi connectivity index (χ0n) is 8.71. The highest BCUT2D eigenvalue weighted by Gasteiger charge is 2.13. The van der Waals surface area contributed by atoms with Gasteiger partial charge in [-0.25, -0.2) is 4.98 Å². The summed E-state index contributed by atoms with van der Waals surface area (Å²) >= 11 is 1.47. The van der Waals surface area contributed by atoms with E-state index in [9.17, 15) is 4.79 Å². The average molecular weight is 234 g/mol. The van der Waals surface area contributed by atoms with Crippen LogP contribution in [-0.2, 0) is 6.42 Å². The fraction of sp³-hybridized carbons (Fsp3) is 0.182. The average Bonchev–Trinajstić information content (AvgIpc) is 2.81. The van der Waals surface area contributed by atoms with Gasteiger partial charge < -0.3 is 4.74 Å². The normalized spacial score (nSPS) is 10.1. The molecule has 0 aromatic carbocycles. The Bertz CT molecular complexity index is 482. The van der Waals surface area contributed by atoms with Gasteiger partial charge in [0.1, 0.15) is 0 Å². The van der Waals surface area contributed by atoms with Crippen LogP contribution < -0.4 is 4.74 Å². The number of thiazole rings is 1. The number of rotatable bonds is 4. The molecule has 0 unspecified atom stereocenters. The molecular formula is C11H10N2O2S. The summed E-state index contributed by atoms with van der Waals surface area (Å²) in [7, 11) is 1.51. The van der Waals surface area contributed by atoms with Gasteiger partial charge in [0.2, 0.25) is 5.88 Å². The SMILES string of the molecule is COc1ncccc1C(=O)Cc1cncs1. The van der Waals surface area contributed by atoms with E-state index in [1.54, 1.807) is 30.0 Å². The largest absolute Gasteiger partial charge is 0.480 e. The molecule has 0 saturated carbocycles. The van der Waals surface area contributed by atoms with Crippen molar-refractivity contribution in [1.29, 1.82) is 0 Å². The number of methoxy groups -OCH3 is 1. The summed E-state index contributed by atoms with van der Waals surface area (Å²) < 4.78 is 5.04. The van der Waals surface area contributed by atoms with E-state index in [4.69, 9.17) is 4.74 Å². The Kier molecular flexibility index (Phi) is 3.26. The highest BCUT2D eigenvalue weighted by Crippen LogP contribution is 2.17. The monoisotopic (exact) mass is 234 g/mol. The fourth-order valence-corrected chi connectivity index (χ4v) is 1.94. The van der Waals surface area contributed by atoms with Gasteiger partial charge >= 0.3 is 0 Å². The summed E-state index contributed by atoms with van der Waals surface area (Å²) in [5.74, 6) is 0.367. The van der Waals surface area contributed by atoms with Crippen molar-refractivity contribution in [3.8, 4) is 5.88 Å². The maximum atomic E-state index is 12.0. The highest BCUT2D eigenvalue weighted by atomic mass is 32.1. The van der Waals surface area contributed by atoms with Gasteiger partial charge in [-0.15, -0.1) is 11.3 Å². The number of hydrogen-bond donors (Lipinski definition) is 0. The van der Waals surface area contributed by atoms with Crippen LogP contribution in [0.2, 0.25) is 0 Å². The molecule has 2 aromatic heterocycles. The number of ether oxygens (including phenoxy) is 1. The molecule has 0 aliphatic rings. The predicted octanol–water partition coefficient (Wildman–Crippen LogP) is 1.97. The lowest BCUT2D eigenvalue weighted by Gasteiger charge is -2.04. The number of carbonyl (C=O) groups excluding carboxylic acids is 1. The summed E-state index contributed by atoms with van der Waals surface area (Å²) in [6, 6.07) is 3.44. The van der Waals surface area contributed by atoms with Gasteiger partial charge in [0.15, 0.2) is 5.78 Å². The number of pyridine rings is 1. The minimum absolute atomic E-state index is 0.00537. The first-order valence-corrected chi connectivity index (χ1v) is 5.59. The van der Waals surface area contributed by atoms with Gasteiger partial charge in [-0.1, -0.05) is 0 Å². The van der Waals surface area contributed by atoms with Crippen molar-refractivity contribution in [2.75, 3.05) is 7.11 Å². The first kappa shape index (κ1) is 10.8. The van der Waals surface area contributed by atoms with Crippen LogP contribution >= 0.6 is 11.3 Å². The molecule has 0 fully saturated rings. The van der Waals surface area contributed by atoms with Crippen molar-refractivity contribution in [2.45, 2.75) is 6.42 Å². The van der Waals surface area contributed by atoms with Crippen LogP contribution in [0.5, 0.6) is 5.88 Å². The van der Waals surface area contributed by atoms with Crippen LogP contribution in [0.25, 0.3) is 0 Å². The van der Waals surface area contributed by atoms with E-state index >= 15 is 0 Å². The van der Waals surface area contributed by atoms with Crippen molar-refractivity contribution < 1.29 is 9.53 Å². The van der Waals surface area contributed by atoms with Crippen molar-refractivity contribution in [3.05, 3.63) is 40.5 Å². The van der Waals surface area contributed by atoms with Crippen LogP contribution in [0.1, 0.15) is 15.2 Å². The molecule has 0 N–H and O–H groups in total. The predicted molar refractivity (Wildman–Crippen MR) is 60.9 cm³/mol. The van der Waals surface area contributed by atoms with Gasteiger partial charge in [0, 0.05) is 23.7 Å². The fourth-order valence-electron chi connectivity index (χ4n) is 1.35. The summed E-state index contributed by atoms with van der Waals surface area (Å²) in [6.45, 7) is 0. The summed E-state index contributed by atoms with van der Waals surface area (Å²) in [5, 5.41) is 0. The summed E-state index contributed by atoms with van der Waals surface area (Å²) in [5.41, 5.74) is 2.22. The number of ketones is 1. The Hall–Kier alpha value is -1.75. The minimum Gasteiger partial charge on any atom is -0.480 e. The quantitative estimate of drug-likeness (QED) is 0.759. The molecule has 0 aliphatic carbocycles. The van der Waals surface area contributed by atoms with Crippen LogP contribution in [0, 0.1) is 0 Å². The molecule has 2 aromatic rings. The zero-order valence-corrected chi connectivity index (χ0v) is 9.53. The van der Waals surface area contributed by atoms with Crippen LogP contribution in [0.3, 0.4) is 0 Å². The third-order valence-corrected chi connectivity index (χ3v) is 2.86. The second-order valence-corrected chi connectivity index (χ2v) is 4.10. The van der Waals surface area contributed by atoms with E-state index in [-0.39, 0.29) is 5.78 Å². The van der Waals surface area contributed by atoms with E-state index in [0.29, 0.717) is 17.9 Å². The summed E-state index contributed by atoms with van der Waals surface area (Å²) in [6.07, 6.45) is 3.64. The standard InChI is InChI=1S/C11H10N2O2S/c1-15-11-9(3-2-4-13-11)10(14)5-8-6-12-7-16-8/h2-4,6-7H,5H2,1H3. The summed E-state index contributed by atoms with van der Waals surface area (Å²) in [4.78, 5) is 20.8. The lowest BCUT2D eigenvalue weighted by molar-refractivity contribution is 0.0990. The van der Waals surface area contributed by atoms with E-state index in [1.807, 2.05) is 0 Å². The zero-order chi connectivity index (χ0) is 11.4. The molecule has 2 heterocycles. The van der Waals surface area contributed by atoms with Crippen LogP contribution in [-0.4, -0.2) is 22.9 Å². The molecule has 0 bridgehead atoms. The highest BCUT2D eigenvalue weighted by molar-refractivity contribution is 7.09. The number of hydrogen-bond acceptors (Lipinski definition) is 5. The molecule has 2 rings (SSSR count). The molecular weight excluding hydrogens is 224 g/mol. The van der Waals surface area contributed by atoms with Gasteiger partial charge in [0.05, 0.1) is 18.2 Å². The van der Waals surface area contributed by atoms with Crippen LogP contribution in [0.15, 0.2) is 30.0 Å². The molecule has 0 radical (unpaired) electrons. The van der Waals surface area contributed by atoms with Gasteiger partial charge in [0.25, 0.3) is 0 Å². The molecule has 5 heteroatoms. The lowest BCUT2D eigenvalue weighted by Crippen LogP contribution is -2.05. The maximum Gasteiger partial charge on any atom is 0.224 e. The van der Waals surface area contributed by atoms with Crippen LogP contribution in [0.4, 0.5) is 0 Å². The Morgan fingerprint density at radius 3 is 3.12 bits per heavy atom.